The molecule has 7 heteroatoms. The lowest BCUT2D eigenvalue weighted by Gasteiger charge is -2.17. The zero-order chi connectivity index (χ0) is 19.6. The van der Waals surface area contributed by atoms with Crippen molar-refractivity contribution in [2.75, 3.05) is 19.4 Å². The van der Waals surface area contributed by atoms with E-state index in [0.29, 0.717) is 40.8 Å². The van der Waals surface area contributed by atoms with Gasteiger partial charge in [0, 0.05) is 28.6 Å². The average Bonchev–Trinajstić information content (AvgIpc) is 2.68. The van der Waals surface area contributed by atoms with Gasteiger partial charge >= 0.3 is 0 Å². The van der Waals surface area contributed by atoms with Crippen molar-refractivity contribution in [1.29, 1.82) is 0 Å². The number of methoxy groups -OCH3 is 1. The molecule has 1 N–H and O–H groups in total. The van der Waals surface area contributed by atoms with Gasteiger partial charge in [0.2, 0.25) is 0 Å². The number of benzene rings is 2. The number of thioether (sulfide) groups is 1. The van der Waals surface area contributed by atoms with Crippen molar-refractivity contribution in [1.82, 2.24) is 5.32 Å². The second kappa shape index (κ2) is 11.0. The Hall–Kier alpha value is -1.92. The summed E-state index contributed by atoms with van der Waals surface area (Å²) >= 11 is 7.51. The number of rotatable bonds is 10. The van der Waals surface area contributed by atoms with E-state index in [1.807, 2.05) is 6.92 Å². The van der Waals surface area contributed by atoms with Crippen molar-refractivity contribution >= 4 is 29.3 Å². The Morgan fingerprint density at radius 3 is 2.56 bits per heavy atom. The van der Waals surface area contributed by atoms with Crippen LogP contribution < -0.4 is 14.8 Å². The van der Waals surface area contributed by atoms with Gasteiger partial charge in [0.15, 0.2) is 6.10 Å². The highest BCUT2D eigenvalue weighted by Crippen LogP contribution is 2.23. The molecule has 0 radical (unpaired) electrons. The summed E-state index contributed by atoms with van der Waals surface area (Å²) in [5.41, 5.74) is 0.491. The van der Waals surface area contributed by atoms with Crippen LogP contribution in [0.5, 0.6) is 11.5 Å². The minimum Gasteiger partial charge on any atom is -0.497 e. The van der Waals surface area contributed by atoms with E-state index in [9.17, 15) is 9.18 Å². The van der Waals surface area contributed by atoms with Crippen LogP contribution in [0.1, 0.15) is 18.9 Å². The van der Waals surface area contributed by atoms with Gasteiger partial charge in [-0.15, -0.1) is 0 Å². The number of ether oxygens (including phenoxy) is 2. The fourth-order valence-electron chi connectivity index (χ4n) is 2.35. The molecule has 0 spiro atoms. The zero-order valence-corrected chi connectivity index (χ0v) is 16.9. The molecule has 0 aromatic heterocycles. The molecular formula is C20H23ClFNO3S. The van der Waals surface area contributed by atoms with Gasteiger partial charge in [0.25, 0.3) is 5.91 Å². The monoisotopic (exact) mass is 411 g/mol. The minimum atomic E-state index is -0.565. The Morgan fingerprint density at radius 1 is 1.22 bits per heavy atom. The first-order valence-electron chi connectivity index (χ1n) is 8.64. The van der Waals surface area contributed by atoms with Gasteiger partial charge in [-0.05, 0) is 42.8 Å². The summed E-state index contributed by atoms with van der Waals surface area (Å²) in [6, 6.07) is 11.7. The lowest BCUT2D eigenvalue weighted by Crippen LogP contribution is -2.39. The van der Waals surface area contributed by atoms with Crippen LogP contribution in [-0.2, 0) is 10.5 Å². The zero-order valence-electron chi connectivity index (χ0n) is 15.3. The molecule has 2 aromatic rings. The first kappa shape index (κ1) is 21.4. The van der Waals surface area contributed by atoms with E-state index in [2.05, 4.69) is 5.32 Å². The van der Waals surface area contributed by atoms with Crippen molar-refractivity contribution in [3.8, 4) is 11.5 Å². The lowest BCUT2D eigenvalue weighted by atomic mass is 10.2. The highest BCUT2D eigenvalue weighted by Gasteiger charge is 2.18. The largest absolute Gasteiger partial charge is 0.497 e. The number of nitrogens with one attached hydrogen (secondary N) is 1. The van der Waals surface area contributed by atoms with Crippen LogP contribution in [0.4, 0.5) is 4.39 Å². The molecule has 0 saturated heterocycles. The smallest absolute Gasteiger partial charge is 0.261 e. The SMILES string of the molecule is CC[C@H](Oc1ccc(OC)cc1)C(=O)NCCSCc1c(F)cccc1Cl. The van der Waals surface area contributed by atoms with E-state index in [-0.39, 0.29) is 11.7 Å². The third-order valence-electron chi connectivity index (χ3n) is 3.85. The summed E-state index contributed by atoms with van der Waals surface area (Å²) in [7, 11) is 1.59. The molecular weight excluding hydrogens is 389 g/mol. The van der Waals surface area contributed by atoms with E-state index >= 15 is 0 Å². The van der Waals surface area contributed by atoms with Gasteiger partial charge in [-0.25, -0.2) is 4.39 Å². The lowest BCUT2D eigenvalue weighted by molar-refractivity contribution is -0.127. The quantitative estimate of drug-likeness (QED) is 0.576. The molecule has 0 bridgehead atoms. The number of hydrogen-bond donors (Lipinski definition) is 1. The molecule has 1 atom stereocenters. The highest BCUT2D eigenvalue weighted by atomic mass is 35.5. The van der Waals surface area contributed by atoms with Crippen LogP contribution in [0.3, 0.4) is 0 Å². The first-order valence-corrected chi connectivity index (χ1v) is 10.2. The van der Waals surface area contributed by atoms with E-state index in [4.69, 9.17) is 21.1 Å². The van der Waals surface area contributed by atoms with Gasteiger partial charge in [-0.1, -0.05) is 24.6 Å². The Morgan fingerprint density at radius 2 is 1.93 bits per heavy atom. The molecule has 0 unspecified atom stereocenters. The summed E-state index contributed by atoms with van der Waals surface area (Å²) in [6.45, 7) is 2.36. The van der Waals surface area contributed by atoms with Crippen LogP contribution in [0.15, 0.2) is 42.5 Å². The molecule has 0 aliphatic rings. The molecule has 0 aliphatic heterocycles. The molecule has 2 rings (SSSR count). The summed E-state index contributed by atoms with van der Waals surface area (Å²) in [5, 5.41) is 3.28. The second-order valence-corrected chi connectivity index (χ2v) is 7.25. The number of carbonyl (C=O) groups is 1. The topological polar surface area (TPSA) is 47.6 Å². The molecule has 0 saturated carbocycles. The summed E-state index contributed by atoms with van der Waals surface area (Å²) < 4.78 is 24.5. The van der Waals surface area contributed by atoms with Crippen LogP contribution in [0.25, 0.3) is 0 Å². The number of hydrogen-bond acceptors (Lipinski definition) is 4. The summed E-state index contributed by atoms with van der Waals surface area (Å²) in [4.78, 5) is 12.3. The third kappa shape index (κ3) is 6.63. The van der Waals surface area contributed by atoms with Gasteiger partial charge in [-0.3, -0.25) is 4.79 Å². The van der Waals surface area contributed by atoms with Crippen LogP contribution in [-0.4, -0.2) is 31.4 Å². The highest BCUT2D eigenvalue weighted by molar-refractivity contribution is 7.98. The fourth-order valence-corrected chi connectivity index (χ4v) is 3.54. The maximum atomic E-state index is 13.7. The van der Waals surface area contributed by atoms with E-state index in [1.165, 1.54) is 17.8 Å². The molecule has 2 aromatic carbocycles. The predicted molar refractivity (Wildman–Crippen MR) is 108 cm³/mol. The molecule has 0 aliphatic carbocycles. The van der Waals surface area contributed by atoms with Crippen molar-refractivity contribution in [2.24, 2.45) is 0 Å². The van der Waals surface area contributed by atoms with Gasteiger partial charge in [0.1, 0.15) is 17.3 Å². The maximum Gasteiger partial charge on any atom is 0.261 e. The average molecular weight is 412 g/mol. The summed E-state index contributed by atoms with van der Waals surface area (Å²) in [6.07, 6.45) is -0.0139. The van der Waals surface area contributed by atoms with Crippen molar-refractivity contribution in [2.45, 2.75) is 25.2 Å². The number of carbonyl (C=O) groups excluding carboxylic acids is 1. The standard InChI is InChI=1S/C20H23ClFNO3S/c1-3-19(26-15-9-7-14(25-2)8-10-15)20(24)23-11-12-27-13-16-17(21)5-4-6-18(16)22/h4-10,19H,3,11-13H2,1-2H3,(H,23,24)/t19-/m0/s1. The van der Waals surface area contributed by atoms with Crippen molar-refractivity contribution < 1.29 is 18.7 Å². The Labute approximate surface area is 168 Å². The Kier molecular flexibility index (Phi) is 8.75. The van der Waals surface area contributed by atoms with Gasteiger partial charge in [0.05, 0.1) is 7.11 Å². The van der Waals surface area contributed by atoms with Crippen molar-refractivity contribution in [3.05, 3.63) is 58.9 Å². The van der Waals surface area contributed by atoms with Gasteiger partial charge in [-0.2, -0.15) is 11.8 Å². The Balaban J connectivity index is 1.74. The van der Waals surface area contributed by atoms with Crippen molar-refractivity contribution in [3.63, 3.8) is 0 Å². The number of halogens is 2. The number of amides is 1. The second-order valence-electron chi connectivity index (χ2n) is 5.73. The normalized spacial score (nSPS) is 11.7. The van der Waals surface area contributed by atoms with Crippen LogP contribution in [0, 0.1) is 5.82 Å². The van der Waals surface area contributed by atoms with Gasteiger partial charge < -0.3 is 14.8 Å². The van der Waals surface area contributed by atoms with Crippen LogP contribution >= 0.6 is 23.4 Å². The molecule has 1 amide bonds. The molecule has 0 fully saturated rings. The maximum absolute atomic E-state index is 13.7. The molecule has 27 heavy (non-hydrogen) atoms. The third-order valence-corrected chi connectivity index (χ3v) is 5.19. The molecule has 0 heterocycles. The Bertz CT molecular complexity index is 722. The predicted octanol–water partition coefficient (Wildman–Crippen LogP) is 4.69. The van der Waals surface area contributed by atoms with Crippen LogP contribution in [0.2, 0.25) is 5.02 Å². The fraction of sp³-hybridized carbons (Fsp3) is 0.350. The first-order chi connectivity index (χ1) is 13.0. The van der Waals surface area contributed by atoms with E-state index in [0.717, 1.165) is 5.75 Å². The summed E-state index contributed by atoms with van der Waals surface area (Å²) in [5.74, 6) is 1.97. The molecule has 146 valence electrons. The molecule has 4 nitrogen and oxygen atoms in total. The minimum absolute atomic E-state index is 0.169. The van der Waals surface area contributed by atoms with E-state index in [1.54, 1.807) is 43.5 Å². The van der Waals surface area contributed by atoms with E-state index < -0.39 is 6.10 Å².